The van der Waals surface area contributed by atoms with Crippen LogP contribution in [0, 0.1) is 0 Å². The molecule has 2 aromatic carbocycles. The van der Waals surface area contributed by atoms with Gasteiger partial charge in [0.05, 0.1) is 17.9 Å². The molecule has 0 saturated carbocycles. The maximum atomic E-state index is 13.4. The number of benzene rings is 2. The summed E-state index contributed by atoms with van der Waals surface area (Å²) in [5, 5.41) is 4.45. The predicted molar refractivity (Wildman–Crippen MR) is 137 cm³/mol. The summed E-state index contributed by atoms with van der Waals surface area (Å²) in [7, 11) is 0. The highest BCUT2D eigenvalue weighted by atomic mass is 79.9. The molecule has 0 spiro atoms. The van der Waals surface area contributed by atoms with Gasteiger partial charge in [-0.3, -0.25) is 9.59 Å². The Bertz CT molecular complexity index is 1490. The lowest BCUT2D eigenvalue weighted by molar-refractivity contribution is -0.113. The molecule has 0 fully saturated rings. The number of hydrogen-bond donors (Lipinski definition) is 0. The van der Waals surface area contributed by atoms with Crippen LogP contribution in [0.15, 0.2) is 51.7 Å². The summed E-state index contributed by atoms with van der Waals surface area (Å²) in [4.78, 5) is 33.6. The topological polar surface area (TPSA) is 76.8 Å². The summed E-state index contributed by atoms with van der Waals surface area (Å²) in [5.74, 6) is 1.10. The van der Waals surface area contributed by atoms with Gasteiger partial charge in [0, 0.05) is 22.1 Å². The molecule has 0 bridgehead atoms. The highest BCUT2D eigenvalue weighted by molar-refractivity contribution is 9.10. The SMILES string of the molecule is CCCCN1C(=O)C(=c2sc3nc(-c4ccc(OCCC)cc4)nn3c2=O)c2cc(Br)ccc21. The first-order chi connectivity index (χ1) is 16.5. The van der Waals surface area contributed by atoms with Crippen LogP contribution in [0.4, 0.5) is 5.69 Å². The Morgan fingerprint density at radius 2 is 1.85 bits per heavy atom. The Morgan fingerprint density at radius 3 is 2.56 bits per heavy atom. The first kappa shape index (κ1) is 22.7. The van der Waals surface area contributed by atoms with Gasteiger partial charge in [-0.2, -0.15) is 9.50 Å². The van der Waals surface area contributed by atoms with Crippen LogP contribution in [0.3, 0.4) is 0 Å². The highest BCUT2D eigenvalue weighted by Crippen LogP contribution is 2.37. The van der Waals surface area contributed by atoms with Crippen LogP contribution < -0.4 is 19.7 Å². The average molecular weight is 539 g/mol. The third kappa shape index (κ3) is 3.92. The normalized spacial score (nSPS) is 14.8. The molecule has 5 rings (SSSR count). The van der Waals surface area contributed by atoms with E-state index in [9.17, 15) is 9.59 Å². The zero-order valence-corrected chi connectivity index (χ0v) is 21.3. The molecule has 4 aromatic rings. The lowest BCUT2D eigenvalue weighted by atomic mass is 10.1. The molecular formula is C25H23BrN4O3S. The third-order valence-corrected chi connectivity index (χ3v) is 7.21. The van der Waals surface area contributed by atoms with Crippen LogP contribution in [-0.4, -0.2) is 33.7 Å². The van der Waals surface area contributed by atoms with E-state index in [-0.39, 0.29) is 11.5 Å². The van der Waals surface area contributed by atoms with E-state index in [0.717, 1.165) is 46.3 Å². The Labute approximate surface area is 208 Å². The average Bonchev–Trinajstić information content (AvgIpc) is 3.47. The number of ether oxygens (including phenoxy) is 1. The molecule has 3 heterocycles. The first-order valence-electron chi connectivity index (χ1n) is 11.3. The number of carbonyl (C=O) groups is 1. The lowest BCUT2D eigenvalue weighted by Crippen LogP contribution is -2.33. The fraction of sp³-hybridized carbons (Fsp3) is 0.280. The van der Waals surface area contributed by atoms with Gasteiger partial charge in [-0.15, -0.1) is 5.10 Å². The van der Waals surface area contributed by atoms with E-state index in [1.165, 1.54) is 15.9 Å². The second kappa shape index (κ2) is 9.31. The molecule has 0 N–H and O–H groups in total. The molecule has 0 unspecified atom stereocenters. The molecule has 0 saturated heterocycles. The number of thiazole rings is 1. The molecule has 1 aliphatic rings. The van der Waals surface area contributed by atoms with Crippen molar-refractivity contribution in [1.82, 2.24) is 14.6 Å². The maximum absolute atomic E-state index is 13.4. The summed E-state index contributed by atoms with van der Waals surface area (Å²) >= 11 is 4.70. The van der Waals surface area contributed by atoms with Crippen LogP contribution in [0.5, 0.6) is 5.75 Å². The minimum atomic E-state index is -0.326. The first-order valence-corrected chi connectivity index (χ1v) is 12.9. The maximum Gasteiger partial charge on any atom is 0.291 e. The molecule has 0 atom stereocenters. The largest absolute Gasteiger partial charge is 0.494 e. The highest BCUT2D eigenvalue weighted by Gasteiger charge is 2.34. The van der Waals surface area contributed by atoms with Gasteiger partial charge in [0.25, 0.3) is 11.5 Å². The van der Waals surface area contributed by atoms with Gasteiger partial charge in [0.15, 0.2) is 5.82 Å². The zero-order chi connectivity index (χ0) is 23.8. The second-order valence-corrected chi connectivity index (χ2v) is 9.98. The van der Waals surface area contributed by atoms with E-state index in [1.807, 2.05) is 42.5 Å². The van der Waals surface area contributed by atoms with Crippen molar-refractivity contribution < 1.29 is 9.53 Å². The number of amides is 1. The minimum absolute atomic E-state index is 0.147. The molecule has 174 valence electrons. The van der Waals surface area contributed by atoms with Gasteiger partial charge < -0.3 is 9.64 Å². The summed E-state index contributed by atoms with van der Waals surface area (Å²) in [6.45, 7) is 5.42. The van der Waals surface area contributed by atoms with Crippen LogP contribution in [-0.2, 0) is 4.79 Å². The number of aromatic nitrogens is 3. The molecule has 7 nitrogen and oxygen atoms in total. The Hall–Kier alpha value is -3.04. The molecule has 0 aliphatic carbocycles. The number of carbonyl (C=O) groups excluding carboxylic acids is 1. The number of halogens is 1. The summed E-state index contributed by atoms with van der Waals surface area (Å²) in [5.41, 5.74) is 2.49. The molecule has 1 aliphatic heterocycles. The number of rotatable bonds is 7. The second-order valence-electron chi connectivity index (χ2n) is 8.09. The summed E-state index contributed by atoms with van der Waals surface area (Å²) < 4.78 is 8.15. The van der Waals surface area contributed by atoms with E-state index in [0.29, 0.717) is 34.0 Å². The van der Waals surface area contributed by atoms with Crippen molar-refractivity contribution in [3.63, 3.8) is 0 Å². The number of anilines is 1. The smallest absolute Gasteiger partial charge is 0.291 e. The molecule has 1 amide bonds. The third-order valence-electron chi connectivity index (χ3n) is 5.68. The van der Waals surface area contributed by atoms with E-state index < -0.39 is 0 Å². The van der Waals surface area contributed by atoms with Crippen LogP contribution >= 0.6 is 27.3 Å². The van der Waals surface area contributed by atoms with Crippen molar-refractivity contribution in [3.8, 4) is 17.1 Å². The van der Waals surface area contributed by atoms with Crippen molar-refractivity contribution >= 4 is 49.4 Å². The van der Waals surface area contributed by atoms with E-state index in [2.05, 4.69) is 39.9 Å². The van der Waals surface area contributed by atoms with Crippen LogP contribution in [0.1, 0.15) is 38.7 Å². The fourth-order valence-corrected chi connectivity index (χ4v) is 5.35. The Morgan fingerprint density at radius 1 is 1.06 bits per heavy atom. The van der Waals surface area contributed by atoms with Gasteiger partial charge in [-0.05, 0) is 55.3 Å². The van der Waals surface area contributed by atoms with Gasteiger partial charge in [0.2, 0.25) is 4.96 Å². The van der Waals surface area contributed by atoms with Crippen LogP contribution in [0.25, 0.3) is 21.9 Å². The van der Waals surface area contributed by atoms with Gasteiger partial charge in [-0.1, -0.05) is 47.5 Å². The summed E-state index contributed by atoms with van der Waals surface area (Å²) in [6.07, 6.45) is 2.80. The van der Waals surface area contributed by atoms with Crippen molar-refractivity contribution in [2.24, 2.45) is 0 Å². The van der Waals surface area contributed by atoms with Crippen molar-refractivity contribution in [2.75, 3.05) is 18.1 Å². The Balaban J connectivity index is 1.58. The van der Waals surface area contributed by atoms with Gasteiger partial charge in [0.1, 0.15) is 10.3 Å². The van der Waals surface area contributed by atoms with Crippen molar-refractivity contribution in [2.45, 2.75) is 33.1 Å². The van der Waals surface area contributed by atoms with E-state index in [1.54, 1.807) is 4.90 Å². The lowest BCUT2D eigenvalue weighted by Gasteiger charge is -2.16. The predicted octanol–water partition coefficient (Wildman–Crippen LogP) is 4.43. The molecule has 9 heteroatoms. The Kier molecular flexibility index (Phi) is 6.22. The quantitative estimate of drug-likeness (QED) is 0.347. The van der Waals surface area contributed by atoms with Gasteiger partial charge >= 0.3 is 0 Å². The molecule has 2 aromatic heterocycles. The van der Waals surface area contributed by atoms with Crippen LogP contribution in [0.2, 0.25) is 0 Å². The monoisotopic (exact) mass is 538 g/mol. The van der Waals surface area contributed by atoms with Gasteiger partial charge in [-0.25, -0.2) is 0 Å². The van der Waals surface area contributed by atoms with E-state index in [4.69, 9.17) is 4.74 Å². The van der Waals surface area contributed by atoms with Crippen molar-refractivity contribution in [1.29, 1.82) is 0 Å². The molecular weight excluding hydrogens is 516 g/mol. The van der Waals surface area contributed by atoms with Crippen molar-refractivity contribution in [3.05, 3.63) is 67.4 Å². The fourth-order valence-electron chi connectivity index (χ4n) is 3.99. The standard InChI is InChI=1S/C25H23BrN4O3S/c1-3-5-12-29-19-11-8-16(26)14-18(19)20(23(29)31)21-24(32)30-25(34-21)27-22(28-30)15-6-9-17(10-7-15)33-13-4-2/h6-11,14H,3-5,12-13H2,1-2H3. The molecule has 0 radical (unpaired) electrons. The zero-order valence-electron chi connectivity index (χ0n) is 18.9. The number of fused-ring (bicyclic) bond motifs is 2. The van der Waals surface area contributed by atoms with E-state index >= 15 is 0 Å². The minimum Gasteiger partial charge on any atom is -0.494 e. The number of unbranched alkanes of at least 4 members (excludes halogenated alkanes) is 1. The number of hydrogen-bond acceptors (Lipinski definition) is 6. The summed E-state index contributed by atoms with van der Waals surface area (Å²) in [6, 6.07) is 13.2. The number of nitrogens with zero attached hydrogens (tertiary/aromatic N) is 4. The molecule has 34 heavy (non-hydrogen) atoms.